The predicted molar refractivity (Wildman–Crippen MR) is 111 cm³/mol. The first kappa shape index (κ1) is 18.8. The summed E-state index contributed by atoms with van der Waals surface area (Å²) in [5.41, 5.74) is 2.53. The van der Waals surface area contributed by atoms with Crippen molar-refractivity contribution in [2.45, 2.75) is 6.92 Å². The molecule has 2 aromatic carbocycles. The minimum absolute atomic E-state index is 0.224. The summed E-state index contributed by atoms with van der Waals surface area (Å²) in [7, 11) is 0. The van der Waals surface area contributed by atoms with Gasteiger partial charge in [-0.25, -0.2) is 18.0 Å². The Kier molecular flexibility index (Phi) is 5.07. The van der Waals surface area contributed by atoms with Crippen LogP contribution >= 0.6 is 0 Å². The molecule has 2 N–H and O–H groups in total. The van der Waals surface area contributed by atoms with Crippen LogP contribution in [0.2, 0.25) is 0 Å². The highest BCUT2D eigenvalue weighted by molar-refractivity contribution is 7.81. The molecule has 2 aromatic heterocycles. The summed E-state index contributed by atoms with van der Waals surface area (Å²) in [5.74, 6) is -0.148. The number of anilines is 3. The molecule has 0 radical (unpaired) electrons. The fraction of sp³-hybridized carbons (Fsp3) is 0.0500. The van der Waals surface area contributed by atoms with Crippen LogP contribution in [-0.2, 0) is 11.3 Å². The monoisotopic (exact) mass is 407 g/mol. The van der Waals surface area contributed by atoms with Crippen molar-refractivity contribution in [3.05, 3.63) is 84.2 Å². The predicted octanol–water partition coefficient (Wildman–Crippen LogP) is 3.56. The van der Waals surface area contributed by atoms with Gasteiger partial charge in [-0.1, -0.05) is 36.4 Å². The maximum absolute atomic E-state index is 12.7. The Morgan fingerprint density at radius 3 is 2.55 bits per heavy atom. The lowest BCUT2D eigenvalue weighted by molar-refractivity contribution is 0.102. The number of benzene rings is 2. The lowest BCUT2D eigenvalue weighted by atomic mass is 10.2. The van der Waals surface area contributed by atoms with Crippen LogP contribution in [0.15, 0.2) is 73.1 Å². The molecule has 0 bridgehead atoms. The lowest BCUT2D eigenvalue weighted by Crippen LogP contribution is -2.21. The molecule has 4 aromatic rings. The first-order valence-corrected chi connectivity index (χ1v) is 9.78. The van der Waals surface area contributed by atoms with E-state index in [1.54, 1.807) is 36.5 Å². The van der Waals surface area contributed by atoms with Gasteiger partial charge in [0.2, 0.25) is 0 Å². The largest absolute Gasteiger partial charge is 0.322 e. The molecule has 0 aliphatic heterocycles. The van der Waals surface area contributed by atoms with E-state index in [1.807, 2.05) is 37.3 Å². The minimum Gasteiger partial charge on any atom is -0.322 e. The molecule has 0 fully saturated rings. The average Bonchev–Trinajstić information content (AvgIpc) is 3.14. The molecule has 8 nitrogen and oxygen atoms in total. The van der Waals surface area contributed by atoms with E-state index < -0.39 is 11.3 Å². The van der Waals surface area contributed by atoms with Crippen LogP contribution in [0.4, 0.5) is 17.2 Å². The zero-order valence-corrected chi connectivity index (χ0v) is 16.2. The maximum Gasteiger partial charge on any atom is 0.267 e. The summed E-state index contributed by atoms with van der Waals surface area (Å²) in [5, 5.41) is 6.95. The van der Waals surface area contributed by atoms with Gasteiger partial charge in [0.1, 0.15) is 5.56 Å². The fourth-order valence-electron chi connectivity index (χ4n) is 2.93. The summed E-state index contributed by atoms with van der Waals surface area (Å²) in [6, 6.07) is 17.8. The highest BCUT2D eigenvalue weighted by atomic mass is 32.2. The summed E-state index contributed by atoms with van der Waals surface area (Å²) < 4.78 is 24.6. The summed E-state index contributed by atoms with van der Waals surface area (Å²) in [4.78, 5) is 17.2. The quantitative estimate of drug-likeness (QED) is 0.493. The molecule has 2 heterocycles. The van der Waals surface area contributed by atoms with Gasteiger partial charge in [-0.15, -0.1) is 0 Å². The zero-order valence-electron chi connectivity index (χ0n) is 15.4. The van der Waals surface area contributed by atoms with Crippen molar-refractivity contribution in [1.82, 2.24) is 14.6 Å². The molecular formula is C20H17N5O3S. The number of hydrogen-bond donors (Lipinski definition) is 2. The fourth-order valence-corrected chi connectivity index (χ4v) is 3.57. The highest BCUT2D eigenvalue weighted by Crippen LogP contribution is 2.28. The van der Waals surface area contributed by atoms with Crippen LogP contribution in [0.3, 0.4) is 0 Å². The molecule has 1 unspecified atom stereocenters. The molecule has 9 heteroatoms. The van der Waals surface area contributed by atoms with E-state index in [4.69, 9.17) is 0 Å². The third-order valence-electron chi connectivity index (χ3n) is 4.33. The van der Waals surface area contributed by atoms with Crippen LogP contribution in [0.5, 0.6) is 0 Å². The van der Waals surface area contributed by atoms with Crippen molar-refractivity contribution < 1.29 is 13.6 Å². The average molecular weight is 407 g/mol. The van der Waals surface area contributed by atoms with Gasteiger partial charge in [0.25, 0.3) is 17.2 Å². The van der Waals surface area contributed by atoms with Gasteiger partial charge in [-0.05, 0) is 30.7 Å². The van der Waals surface area contributed by atoms with E-state index in [0.717, 1.165) is 5.56 Å². The number of amides is 1. The maximum atomic E-state index is 12.7. The van der Waals surface area contributed by atoms with E-state index in [-0.39, 0.29) is 22.9 Å². The molecule has 1 atom stereocenters. The highest BCUT2D eigenvalue weighted by Gasteiger charge is 2.21. The van der Waals surface area contributed by atoms with Crippen LogP contribution in [0.1, 0.15) is 15.9 Å². The molecule has 0 spiro atoms. The Bertz CT molecular complexity index is 1210. The van der Waals surface area contributed by atoms with Crippen LogP contribution < -0.4 is 9.62 Å². The van der Waals surface area contributed by atoms with Gasteiger partial charge >= 0.3 is 0 Å². The van der Waals surface area contributed by atoms with Gasteiger partial charge in [0.05, 0.1) is 11.9 Å². The summed E-state index contributed by atoms with van der Waals surface area (Å²) in [6.45, 7) is 1.84. The Hall–Kier alpha value is -3.56. The van der Waals surface area contributed by atoms with Crippen LogP contribution in [0, 0.1) is 6.92 Å². The second kappa shape index (κ2) is 7.82. The molecule has 0 aliphatic rings. The Morgan fingerprint density at radius 2 is 1.83 bits per heavy atom. The lowest BCUT2D eigenvalue weighted by Gasteiger charge is -2.20. The van der Waals surface area contributed by atoms with Gasteiger partial charge in [0, 0.05) is 18.0 Å². The second-order valence-electron chi connectivity index (χ2n) is 6.24. The van der Waals surface area contributed by atoms with Crippen molar-refractivity contribution in [2.24, 2.45) is 0 Å². The molecule has 0 saturated heterocycles. The number of rotatable bonds is 5. The smallest absolute Gasteiger partial charge is 0.267 e. The van der Waals surface area contributed by atoms with Crippen molar-refractivity contribution in [1.29, 1.82) is 0 Å². The number of nitrogens with one attached hydrogen (secondary N) is 1. The van der Waals surface area contributed by atoms with E-state index in [9.17, 15) is 13.6 Å². The number of fused-ring (bicyclic) bond motifs is 1. The zero-order chi connectivity index (χ0) is 20.4. The Labute approximate surface area is 169 Å². The van der Waals surface area contributed by atoms with Crippen molar-refractivity contribution in [3.63, 3.8) is 0 Å². The van der Waals surface area contributed by atoms with Crippen molar-refractivity contribution >= 4 is 40.0 Å². The first-order chi connectivity index (χ1) is 14.0. The SMILES string of the molecule is Cc1ccccc1N(c1ccn2ncc(C(=O)Nc3ccccc3)c2n1)S(=O)O. The molecule has 146 valence electrons. The molecule has 4 rings (SSSR count). The van der Waals surface area contributed by atoms with E-state index >= 15 is 0 Å². The molecule has 29 heavy (non-hydrogen) atoms. The number of nitrogens with zero attached hydrogens (tertiary/aromatic N) is 4. The van der Waals surface area contributed by atoms with Gasteiger partial charge < -0.3 is 5.32 Å². The number of aromatic nitrogens is 3. The topological polar surface area (TPSA) is 99.8 Å². The molecule has 1 amide bonds. The molecule has 0 saturated carbocycles. The van der Waals surface area contributed by atoms with Gasteiger partial charge in [-0.3, -0.25) is 9.35 Å². The van der Waals surface area contributed by atoms with Crippen molar-refractivity contribution in [3.8, 4) is 0 Å². The number of para-hydroxylation sites is 2. The summed E-state index contributed by atoms with van der Waals surface area (Å²) in [6.07, 6.45) is 3.01. The number of hydrogen-bond acceptors (Lipinski definition) is 4. The van der Waals surface area contributed by atoms with Crippen LogP contribution in [0.25, 0.3) is 5.65 Å². The third-order valence-corrected chi connectivity index (χ3v) is 5.03. The van der Waals surface area contributed by atoms with E-state index in [0.29, 0.717) is 11.4 Å². The molecule has 0 aliphatic carbocycles. The Morgan fingerprint density at radius 1 is 1.10 bits per heavy atom. The minimum atomic E-state index is -2.35. The molecular weight excluding hydrogens is 390 g/mol. The van der Waals surface area contributed by atoms with Crippen LogP contribution in [-0.4, -0.2) is 29.3 Å². The van der Waals surface area contributed by atoms with Gasteiger partial charge in [0.15, 0.2) is 11.5 Å². The second-order valence-corrected chi connectivity index (χ2v) is 7.07. The first-order valence-electron chi connectivity index (χ1n) is 8.72. The number of carbonyl (C=O) groups excluding carboxylic acids is 1. The third kappa shape index (κ3) is 3.73. The number of aryl methyl sites for hydroxylation is 1. The van der Waals surface area contributed by atoms with Gasteiger partial charge in [-0.2, -0.15) is 5.10 Å². The van der Waals surface area contributed by atoms with E-state index in [1.165, 1.54) is 15.0 Å². The summed E-state index contributed by atoms with van der Waals surface area (Å²) >= 11 is -2.35. The Balaban J connectivity index is 1.75. The number of carbonyl (C=O) groups is 1. The van der Waals surface area contributed by atoms with E-state index in [2.05, 4.69) is 15.4 Å². The van der Waals surface area contributed by atoms with Crippen molar-refractivity contribution in [2.75, 3.05) is 9.62 Å². The normalized spacial score (nSPS) is 11.9. The standard InChI is InChI=1S/C20H17N5O3S/c1-14-7-5-6-10-17(14)25(29(27)28)18-11-12-24-19(23-18)16(13-21-24)20(26)22-15-8-3-2-4-9-15/h2-13H,1H3,(H,22,26)(H,27,28).